The molecule has 0 atom stereocenters. The summed E-state index contributed by atoms with van der Waals surface area (Å²) in [7, 11) is 0. The third-order valence-electron chi connectivity index (χ3n) is 3.29. The maximum Gasteiger partial charge on any atom is 0.268 e. The van der Waals surface area contributed by atoms with Crippen LogP contribution in [0.3, 0.4) is 0 Å². The summed E-state index contributed by atoms with van der Waals surface area (Å²) in [6.45, 7) is 1.80. The van der Waals surface area contributed by atoms with Gasteiger partial charge < -0.3 is 0 Å². The van der Waals surface area contributed by atoms with Crippen molar-refractivity contribution in [1.29, 1.82) is 0 Å². The average molecular weight is 276 g/mol. The van der Waals surface area contributed by atoms with Gasteiger partial charge in [0.2, 0.25) is 5.95 Å². The van der Waals surface area contributed by atoms with Crippen molar-refractivity contribution in [2.75, 3.05) is 5.32 Å². The Balaban J connectivity index is 1.76. The molecule has 0 saturated carbocycles. The molecular formula is C13H16N4OS. The fourth-order valence-electron chi connectivity index (χ4n) is 2.34. The lowest BCUT2D eigenvalue weighted by Gasteiger charge is -1.97. The molecule has 0 bridgehead atoms. The minimum Gasteiger partial charge on any atom is -0.288 e. The Bertz CT molecular complexity index is 578. The maximum absolute atomic E-state index is 12.1. The number of anilines is 1. The SMILES string of the molecule is Cc1nc(NC(=O)c2cc3c(s2)CCCCC3)n[nH]1. The highest BCUT2D eigenvalue weighted by Crippen LogP contribution is 2.29. The number of H-pyrrole nitrogens is 1. The van der Waals surface area contributed by atoms with Gasteiger partial charge in [-0.25, -0.2) is 0 Å². The number of nitrogens with one attached hydrogen (secondary N) is 2. The Labute approximate surface area is 115 Å². The Morgan fingerprint density at radius 1 is 1.37 bits per heavy atom. The maximum atomic E-state index is 12.1. The van der Waals surface area contributed by atoms with Gasteiger partial charge in [-0.1, -0.05) is 6.42 Å². The normalized spacial score (nSPS) is 14.8. The molecule has 0 saturated heterocycles. The van der Waals surface area contributed by atoms with Crippen LogP contribution in [0.25, 0.3) is 0 Å². The molecule has 5 nitrogen and oxygen atoms in total. The summed E-state index contributed by atoms with van der Waals surface area (Å²) in [5, 5.41) is 9.35. The van der Waals surface area contributed by atoms with E-state index >= 15 is 0 Å². The van der Waals surface area contributed by atoms with Crippen molar-refractivity contribution in [3.05, 3.63) is 27.2 Å². The van der Waals surface area contributed by atoms with E-state index in [1.54, 1.807) is 18.3 Å². The Kier molecular flexibility index (Phi) is 3.33. The fourth-order valence-corrected chi connectivity index (χ4v) is 3.49. The first-order valence-corrected chi connectivity index (χ1v) is 7.36. The molecule has 2 heterocycles. The quantitative estimate of drug-likeness (QED) is 0.828. The second-order valence-corrected chi connectivity index (χ2v) is 5.96. The van der Waals surface area contributed by atoms with Gasteiger partial charge in [0.15, 0.2) is 0 Å². The van der Waals surface area contributed by atoms with Crippen LogP contribution < -0.4 is 5.32 Å². The lowest BCUT2D eigenvalue weighted by molar-refractivity contribution is 0.102. The zero-order valence-electron chi connectivity index (χ0n) is 10.8. The smallest absolute Gasteiger partial charge is 0.268 e. The first kappa shape index (κ1) is 12.3. The van der Waals surface area contributed by atoms with Crippen LogP contribution in [-0.2, 0) is 12.8 Å². The number of amides is 1. The Hall–Kier alpha value is -1.69. The predicted molar refractivity (Wildman–Crippen MR) is 74.7 cm³/mol. The highest BCUT2D eigenvalue weighted by atomic mass is 32.1. The second kappa shape index (κ2) is 5.13. The molecule has 100 valence electrons. The first-order valence-electron chi connectivity index (χ1n) is 6.54. The van der Waals surface area contributed by atoms with Crippen LogP contribution in [0.5, 0.6) is 0 Å². The number of aromatic nitrogens is 3. The van der Waals surface area contributed by atoms with Crippen LogP contribution in [0.1, 0.15) is 45.2 Å². The summed E-state index contributed by atoms with van der Waals surface area (Å²) < 4.78 is 0. The molecule has 2 aromatic rings. The highest BCUT2D eigenvalue weighted by Gasteiger charge is 2.17. The molecule has 2 aromatic heterocycles. The number of hydrogen-bond acceptors (Lipinski definition) is 4. The minimum atomic E-state index is -0.114. The van der Waals surface area contributed by atoms with Gasteiger partial charge in [0, 0.05) is 4.88 Å². The van der Waals surface area contributed by atoms with Gasteiger partial charge in [-0.2, -0.15) is 4.98 Å². The summed E-state index contributed by atoms with van der Waals surface area (Å²) in [4.78, 5) is 18.3. The van der Waals surface area contributed by atoms with Gasteiger partial charge in [-0.15, -0.1) is 16.4 Å². The van der Waals surface area contributed by atoms with E-state index in [1.165, 1.54) is 29.7 Å². The number of carbonyl (C=O) groups is 1. The number of aromatic amines is 1. The number of carbonyl (C=O) groups excluding carboxylic acids is 1. The Morgan fingerprint density at radius 3 is 3.00 bits per heavy atom. The van der Waals surface area contributed by atoms with Crippen molar-refractivity contribution in [2.45, 2.75) is 39.0 Å². The molecule has 0 spiro atoms. The predicted octanol–water partition coefficient (Wildman–Crippen LogP) is 2.70. The van der Waals surface area contributed by atoms with Gasteiger partial charge >= 0.3 is 0 Å². The number of nitrogens with zero attached hydrogens (tertiary/aromatic N) is 2. The topological polar surface area (TPSA) is 70.7 Å². The zero-order chi connectivity index (χ0) is 13.2. The van der Waals surface area contributed by atoms with Gasteiger partial charge in [0.25, 0.3) is 5.91 Å². The monoisotopic (exact) mass is 276 g/mol. The van der Waals surface area contributed by atoms with Crippen molar-refractivity contribution in [2.24, 2.45) is 0 Å². The molecule has 0 unspecified atom stereocenters. The molecule has 6 heteroatoms. The van der Waals surface area contributed by atoms with Crippen molar-refractivity contribution in [3.8, 4) is 0 Å². The van der Waals surface area contributed by atoms with Crippen LogP contribution in [0, 0.1) is 6.92 Å². The summed E-state index contributed by atoms with van der Waals surface area (Å²) in [6, 6.07) is 2.03. The number of hydrogen-bond donors (Lipinski definition) is 2. The number of fused-ring (bicyclic) bond motifs is 1. The summed E-state index contributed by atoms with van der Waals surface area (Å²) in [5.74, 6) is 0.917. The number of thiophene rings is 1. The lowest BCUT2D eigenvalue weighted by atomic mass is 10.1. The van der Waals surface area contributed by atoms with Crippen molar-refractivity contribution < 1.29 is 4.79 Å². The van der Waals surface area contributed by atoms with E-state index < -0.39 is 0 Å². The van der Waals surface area contributed by atoms with E-state index in [0.29, 0.717) is 11.8 Å². The van der Waals surface area contributed by atoms with Gasteiger partial charge in [-0.05, 0) is 44.2 Å². The molecule has 1 amide bonds. The van der Waals surface area contributed by atoms with Crippen LogP contribution in [0.2, 0.25) is 0 Å². The molecule has 0 aliphatic heterocycles. The van der Waals surface area contributed by atoms with Gasteiger partial charge in [0.05, 0.1) is 4.88 Å². The number of rotatable bonds is 2. The van der Waals surface area contributed by atoms with Crippen molar-refractivity contribution in [3.63, 3.8) is 0 Å². The molecule has 0 fully saturated rings. The molecule has 0 radical (unpaired) electrons. The third kappa shape index (κ3) is 2.68. The van der Waals surface area contributed by atoms with Gasteiger partial charge in [-0.3, -0.25) is 15.2 Å². The minimum absolute atomic E-state index is 0.114. The van der Waals surface area contributed by atoms with Crippen LogP contribution in [0.4, 0.5) is 5.95 Å². The molecule has 1 aliphatic rings. The van der Waals surface area contributed by atoms with E-state index in [9.17, 15) is 4.79 Å². The van der Waals surface area contributed by atoms with E-state index in [4.69, 9.17) is 0 Å². The van der Waals surface area contributed by atoms with E-state index in [1.807, 2.05) is 6.07 Å². The zero-order valence-corrected chi connectivity index (χ0v) is 11.6. The highest BCUT2D eigenvalue weighted by molar-refractivity contribution is 7.14. The van der Waals surface area contributed by atoms with E-state index in [2.05, 4.69) is 20.5 Å². The molecule has 2 N–H and O–H groups in total. The molecule has 0 aromatic carbocycles. The van der Waals surface area contributed by atoms with E-state index in [-0.39, 0.29) is 5.91 Å². The summed E-state index contributed by atoms with van der Waals surface area (Å²) >= 11 is 1.61. The molecule has 3 rings (SSSR count). The van der Waals surface area contributed by atoms with Crippen molar-refractivity contribution in [1.82, 2.24) is 15.2 Å². The van der Waals surface area contributed by atoms with E-state index in [0.717, 1.165) is 17.7 Å². The summed E-state index contributed by atoms with van der Waals surface area (Å²) in [5.41, 5.74) is 1.35. The number of aryl methyl sites for hydroxylation is 3. The second-order valence-electron chi connectivity index (χ2n) is 4.82. The average Bonchev–Trinajstić information content (AvgIpc) is 2.91. The third-order valence-corrected chi connectivity index (χ3v) is 4.53. The summed E-state index contributed by atoms with van der Waals surface area (Å²) in [6.07, 6.45) is 5.95. The Morgan fingerprint density at radius 2 is 2.21 bits per heavy atom. The first-order chi connectivity index (χ1) is 9.22. The largest absolute Gasteiger partial charge is 0.288 e. The van der Waals surface area contributed by atoms with Crippen LogP contribution >= 0.6 is 11.3 Å². The van der Waals surface area contributed by atoms with Crippen LogP contribution in [-0.4, -0.2) is 21.1 Å². The molecular weight excluding hydrogens is 260 g/mol. The van der Waals surface area contributed by atoms with Gasteiger partial charge in [0.1, 0.15) is 5.82 Å². The lowest BCUT2D eigenvalue weighted by Crippen LogP contribution is -2.11. The van der Waals surface area contributed by atoms with Crippen LogP contribution in [0.15, 0.2) is 6.07 Å². The molecule has 1 aliphatic carbocycles. The molecule has 19 heavy (non-hydrogen) atoms. The fraction of sp³-hybridized carbons (Fsp3) is 0.462. The standard InChI is InChI=1S/C13H16N4OS/c1-8-14-13(17-16-8)15-12(18)11-7-9-5-3-2-4-6-10(9)19-11/h7H,2-6H2,1H3,(H2,14,15,16,17,18). The van der Waals surface area contributed by atoms with Crippen molar-refractivity contribution >= 4 is 23.2 Å².